The Bertz CT molecular complexity index is 176. The molecule has 0 amide bonds. The van der Waals surface area contributed by atoms with Gasteiger partial charge in [-0.2, -0.15) is 0 Å². The molecule has 1 aliphatic heterocycles. The summed E-state index contributed by atoms with van der Waals surface area (Å²) >= 11 is 8.63. The predicted molar refractivity (Wildman–Crippen MR) is 72.5 cm³/mol. The summed E-state index contributed by atoms with van der Waals surface area (Å²) in [7, 11) is 1.69. The maximum atomic E-state index is 5.44. The quantitative estimate of drug-likeness (QED) is 0.396. The molecular weight excluding hydrogens is 244 g/mol. The number of piperazine rings is 1. The van der Waals surface area contributed by atoms with Crippen LogP contribution in [0.3, 0.4) is 0 Å². The van der Waals surface area contributed by atoms with Crippen LogP contribution in [0.4, 0.5) is 0 Å². The fraction of sp³-hybridized carbons (Fsp3) is 1.00. The van der Waals surface area contributed by atoms with Gasteiger partial charge in [0.15, 0.2) is 0 Å². The molecule has 1 saturated heterocycles. The average molecular weight is 266 g/mol. The number of thiol groups is 2. The van der Waals surface area contributed by atoms with Crippen LogP contribution in [0.1, 0.15) is 0 Å². The smallest absolute Gasteiger partial charge is 0.0970 e. The Morgan fingerprint density at radius 3 is 2.31 bits per heavy atom. The van der Waals surface area contributed by atoms with Crippen molar-refractivity contribution in [1.82, 2.24) is 9.80 Å². The molecule has 96 valence electrons. The SMILES string of the molecule is COCCOCCN1CCN(C(S)S)CC1. The minimum Gasteiger partial charge on any atom is -0.382 e. The molecule has 0 aromatic heterocycles. The maximum absolute atomic E-state index is 5.44. The van der Waals surface area contributed by atoms with Gasteiger partial charge < -0.3 is 9.47 Å². The van der Waals surface area contributed by atoms with E-state index in [-0.39, 0.29) is 4.71 Å². The summed E-state index contributed by atoms with van der Waals surface area (Å²) in [6.45, 7) is 7.37. The molecule has 0 unspecified atom stereocenters. The summed E-state index contributed by atoms with van der Waals surface area (Å²) in [5.74, 6) is 0. The van der Waals surface area contributed by atoms with Gasteiger partial charge in [-0.3, -0.25) is 9.80 Å². The monoisotopic (exact) mass is 266 g/mol. The van der Waals surface area contributed by atoms with Crippen molar-refractivity contribution in [2.75, 3.05) is 59.7 Å². The second-order valence-corrected chi connectivity index (χ2v) is 5.21. The highest BCUT2D eigenvalue weighted by Crippen LogP contribution is 2.11. The van der Waals surface area contributed by atoms with Crippen LogP contribution in [0.5, 0.6) is 0 Å². The van der Waals surface area contributed by atoms with Gasteiger partial charge in [-0.1, -0.05) is 0 Å². The molecule has 0 aromatic rings. The van der Waals surface area contributed by atoms with Gasteiger partial charge in [-0.25, -0.2) is 0 Å². The van der Waals surface area contributed by atoms with Crippen molar-refractivity contribution in [2.45, 2.75) is 4.71 Å². The van der Waals surface area contributed by atoms with Crippen LogP contribution in [-0.2, 0) is 9.47 Å². The van der Waals surface area contributed by atoms with Crippen LogP contribution in [0, 0.1) is 0 Å². The van der Waals surface area contributed by atoms with Crippen LogP contribution >= 0.6 is 25.3 Å². The van der Waals surface area contributed by atoms with E-state index >= 15 is 0 Å². The number of methoxy groups -OCH3 is 1. The Labute approximate surface area is 109 Å². The third kappa shape index (κ3) is 5.75. The highest BCUT2D eigenvalue weighted by atomic mass is 32.2. The molecular formula is C10H22N2O2S2. The Morgan fingerprint density at radius 2 is 1.75 bits per heavy atom. The molecule has 1 rings (SSSR count). The molecule has 1 aliphatic rings. The van der Waals surface area contributed by atoms with Crippen molar-refractivity contribution in [3.63, 3.8) is 0 Å². The Kier molecular flexibility index (Phi) is 7.85. The topological polar surface area (TPSA) is 24.9 Å². The summed E-state index contributed by atoms with van der Waals surface area (Å²) in [5, 5.41) is 0. The van der Waals surface area contributed by atoms with Crippen LogP contribution in [-0.4, -0.2) is 74.2 Å². The largest absolute Gasteiger partial charge is 0.382 e. The lowest BCUT2D eigenvalue weighted by Crippen LogP contribution is -2.48. The van der Waals surface area contributed by atoms with E-state index in [4.69, 9.17) is 9.47 Å². The Balaban J connectivity index is 1.99. The molecule has 16 heavy (non-hydrogen) atoms. The molecule has 1 heterocycles. The van der Waals surface area contributed by atoms with E-state index in [1.165, 1.54) is 0 Å². The zero-order valence-electron chi connectivity index (χ0n) is 9.84. The lowest BCUT2D eigenvalue weighted by molar-refractivity contribution is 0.0474. The van der Waals surface area contributed by atoms with E-state index in [0.29, 0.717) is 13.2 Å². The van der Waals surface area contributed by atoms with Crippen LogP contribution in [0.2, 0.25) is 0 Å². The van der Waals surface area contributed by atoms with Gasteiger partial charge >= 0.3 is 0 Å². The van der Waals surface area contributed by atoms with Crippen LogP contribution in [0.25, 0.3) is 0 Å². The maximum Gasteiger partial charge on any atom is 0.0970 e. The summed E-state index contributed by atoms with van der Waals surface area (Å²) in [5.41, 5.74) is 0. The molecule has 0 N–H and O–H groups in total. The van der Waals surface area contributed by atoms with Crippen molar-refractivity contribution in [2.24, 2.45) is 0 Å². The molecule has 0 bridgehead atoms. The zero-order chi connectivity index (χ0) is 11.8. The lowest BCUT2D eigenvalue weighted by atomic mass is 10.3. The fourth-order valence-electron chi connectivity index (χ4n) is 1.66. The van der Waals surface area contributed by atoms with Crippen molar-refractivity contribution in [1.29, 1.82) is 0 Å². The Hall–Kier alpha value is 0.540. The van der Waals surface area contributed by atoms with E-state index in [2.05, 4.69) is 35.1 Å². The van der Waals surface area contributed by atoms with Gasteiger partial charge in [0, 0.05) is 39.8 Å². The molecule has 0 atom stereocenters. The molecule has 0 radical (unpaired) electrons. The van der Waals surface area contributed by atoms with E-state index < -0.39 is 0 Å². The number of hydrogen-bond donors (Lipinski definition) is 2. The zero-order valence-corrected chi connectivity index (χ0v) is 11.6. The molecule has 0 aromatic carbocycles. The minimum absolute atomic E-state index is 0.0695. The first-order valence-corrected chi connectivity index (χ1v) is 6.66. The summed E-state index contributed by atoms with van der Waals surface area (Å²) in [6, 6.07) is 0. The first-order valence-electron chi connectivity index (χ1n) is 5.63. The van der Waals surface area contributed by atoms with E-state index in [1.54, 1.807) is 7.11 Å². The second-order valence-electron chi connectivity index (χ2n) is 3.83. The molecule has 6 heteroatoms. The second kappa shape index (κ2) is 8.60. The number of rotatable bonds is 7. The summed E-state index contributed by atoms with van der Waals surface area (Å²) in [6.07, 6.45) is 0. The van der Waals surface area contributed by atoms with Crippen molar-refractivity contribution in [3.05, 3.63) is 0 Å². The number of hydrogen-bond acceptors (Lipinski definition) is 6. The van der Waals surface area contributed by atoms with Gasteiger partial charge in [0.25, 0.3) is 0 Å². The van der Waals surface area contributed by atoms with Gasteiger partial charge in [-0.05, 0) is 0 Å². The highest BCUT2D eigenvalue weighted by Gasteiger charge is 2.18. The van der Waals surface area contributed by atoms with Gasteiger partial charge in [0.1, 0.15) is 0 Å². The number of ether oxygens (including phenoxy) is 2. The van der Waals surface area contributed by atoms with Crippen molar-refractivity contribution < 1.29 is 9.47 Å². The molecule has 1 fully saturated rings. The predicted octanol–water partition coefficient (Wildman–Crippen LogP) is 0.410. The summed E-state index contributed by atoms with van der Waals surface area (Å²) in [4.78, 5) is 4.67. The summed E-state index contributed by atoms with van der Waals surface area (Å²) < 4.78 is 10.4. The third-order valence-corrected chi connectivity index (χ3v) is 3.37. The highest BCUT2D eigenvalue weighted by molar-refractivity contribution is 7.99. The van der Waals surface area contributed by atoms with E-state index in [0.717, 1.165) is 39.3 Å². The van der Waals surface area contributed by atoms with Crippen LogP contribution in [0.15, 0.2) is 0 Å². The Morgan fingerprint density at radius 1 is 1.06 bits per heavy atom. The van der Waals surface area contributed by atoms with Gasteiger partial charge in [-0.15, -0.1) is 25.3 Å². The van der Waals surface area contributed by atoms with E-state index in [9.17, 15) is 0 Å². The molecule has 0 aliphatic carbocycles. The molecule has 4 nitrogen and oxygen atoms in total. The normalized spacial score (nSPS) is 19.5. The van der Waals surface area contributed by atoms with Crippen LogP contribution < -0.4 is 0 Å². The van der Waals surface area contributed by atoms with E-state index in [1.807, 2.05) is 0 Å². The minimum atomic E-state index is 0.0695. The van der Waals surface area contributed by atoms with Crippen molar-refractivity contribution >= 4 is 25.3 Å². The number of nitrogens with zero attached hydrogens (tertiary/aromatic N) is 2. The van der Waals surface area contributed by atoms with Gasteiger partial charge in [0.05, 0.1) is 24.5 Å². The lowest BCUT2D eigenvalue weighted by Gasteiger charge is -2.35. The standard InChI is InChI=1S/C10H22N2O2S2/c1-13-8-9-14-7-6-11-2-4-12(5-3-11)10(15)16/h10,15-16H,2-9H2,1H3. The van der Waals surface area contributed by atoms with Crippen molar-refractivity contribution in [3.8, 4) is 0 Å². The fourth-order valence-corrected chi connectivity index (χ4v) is 2.12. The first kappa shape index (κ1) is 14.6. The first-order chi connectivity index (χ1) is 7.74. The molecule has 0 saturated carbocycles. The third-order valence-electron chi connectivity index (χ3n) is 2.72. The van der Waals surface area contributed by atoms with Gasteiger partial charge in [0.2, 0.25) is 0 Å². The molecule has 0 spiro atoms. The average Bonchev–Trinajstić information content (AvgIpc) is 2.29.